The number of hydrogen-bond acceptors (Lipinski definition) is 5. The van der Waals surface area contributed by atoms with E-state index in [9.17, 15) is 0 Å². The molecule has 0 radical (unpaired) electrons. The zero-order valence-corrected chi connectivity index (χ0v) is 8.40. The normalized spacial score (nSPS) is 10.3. The SMILES string of the molecule is Cc1ccc(Cc2noc(NN)n2)cc1. The van der Waals surface area contributed by atoms with Crippen LogP contribution in [-0.4, -0.2) is 10.1 Å². The molecule has 78 valence electrons. The smallest absolute Gasteiger partial charge is 0.314 e. The maximum atomic E-state index is 5.13. The van der Waals surface area contributed by atoms with E-state index in [-0.39, 0.29) is 6.01 Å². The van der Waals surface area contributed by atoms with Crippen LogP contribution < -0.4 is 11.3 Å². The number of hydrazine groups is 1. The maximum absolute atomic E-state index is 5.13. The van der Waals surface area contributed by atoms with Gasteiger partial charge in [0, 0.05) is 6.42 Å². The first kappa shape index (κ1) is 9.67. The molecule has 1 aromatic heterocycles. The van der Waals surface area contributed by atoms with E-state index in [2.05, 4.69) is 34.6 Å². The fraction of sp³-hybridized carbons (Fsp3) is 0.200. The molecule has 0 fully saturated rings. The van der Waals surface area contributed by atoms with Crippen molar-refractivity contribution in [1.29, 1.82) is 0 Å². The minimum absolute atomic E-state index is 0.233. The minimum Gasteiger partial charge on any atom is -0.314 e. The highest BCUT2D eigenvalue weighted by atomic mass is 16.5. The third-order valence-corrected chi connectivity index (χ3v) is 2.07. The van der Waals surface area contributed by atoms with Crippen LogP contribution >= 0.6 is 0 Å². The highest BCUT2D eigenvalue weighted by Crippen LogP contribution is 2.09. The molecule has 0 aliphatic carbocycles. The Kier molecular flexibility index (Phi) is 2.64. The molecule has 0 atom stereocenters. The van der Waals surface area contributed by atoms with Crippen LogP contribution in [0.25, 0.3) is 0 Å². The number of aryl methyl sites for hydroxylation is 1. The fourth-order valence-corrected chi connectivity index (χ4v) is 1.27. The molecule has 5 heteroatoms. The Hall–Kier alpha value is -1.88. The van der Waals surface area contributed by atoms with Crippen LogP contribution in [0.2, 0.25) is 0 Å². The number of nitrogens with one attached hydrogen (secondary N) is 1. The van der Waals surface area contributed by atoms with E-state index in [4.69, 9.17) is 10.4 Å². The summed E-state index contributed by atoms with van der Waals surface area (Å²) >= 11 is 0. The van der Waals surface area contributed by atoms with Gasteiger partial charge in [-0.3, -0.25) is 5.43 Å². The number of anilines is 1. The van der Waals surface area contributed by atoms with Crippen LogP contribution in [0.1, 0.15) is 17.0 Å². The van der Waals surface area contributed by atoms with Crippen LogP contribution in [0.4, 0.5) is 6.01 Å². The molecule has 0 aliphatic heterocycles. The summed E-state index contributed by atoms with van der Waals surface area (Å²) in [7, 11) is 0. The van der Waals surface area contributed by atoms with Crippen molar-refractivity contribution in [3.8, 4) is 0 Å². The van der Waals surface area contributed by atoms with Crippen molar-refractivity contribution in [2.45, 2.75) is 13.3 Å². The molecule has 0 saturated carbocycles. The quantitative estimate of drug-likeness (QED) is 0.581. The zero-order valence-electron chi connectivity index (χ0n) is 8.40. The van der Waals surface area contributed by atoms with Crippen LogP contribution in [-0.2, 0) is 6.42 Å². The van der Waals surface area contributed by atoms with Crippen LogP contribution in [0.5, 0.6) is 0 Å². The Balaban J connectivity index is 2.11. The molecule has 2 aromatic rings. The molecule has 0 spiro atoms. The summed E-state index contributed by atoms with van der Waals surface area (Å²) in [6, 6.07) is 8.43. The first-order valence-corrected chi connectivity index (χ1v) is 4.62. The minimum atomic E-state index is 0.233. The largest absolute Gasteiger partial charge is 0.335 e. The molecule has 0 amide bonds. The number of hydrogen-bond donors (Lipinski definition) is 2. The van der Waals surface area contributed by atoms with E-state index in [0.717, 1.165) is 5.56 Å². The van der Waals surface area contributed by atoms with Gasteiger partial charge in [-0.1, -0.05) is 35.0 Å². The van der Waals surface area contributed by atoms with Gasteiger partial charge in [-0.2, -0.15) is 4.98 Å². The molecule has 1 aromatic carbocycles. The number of benzene rings is 1. The molecule has 2 rings (SSSR count). The average molecular weight is 204 g/mol. The Morgan fingerprint density at radius 3 is 2.67 bits per heavy atom. The second-order valence-electron chi connectivity index (χ2n) is 3.32. The van der Waals surface area contributed by atoms with Crippen molar-refractivity contribution in [1.82, 2.24) is 10.1 Å². The van der Waals surface area contributed by atoms with Crippen molar-refractivity contribution < 1.29 is 4.52 Å². The summed E-state index contributed by atoms with van der Waals surface area (Å²) in [6.45, 7) is 2.05. The van der Waals surface area contributed by atoms with Gasteiger partial charge in [0.15, 0.2) is 5.82 Å². The van der Waals surface area contributed by atoms with Crippen LogP contribution in [0.15, 0.2) is 28.8 Å². The number of aromatic nitrogens is 2. The molecule has 3 N–H and O–H groups in total. The Bertz CT molecular complexity index is 435. The maximum Gasteiger partial charge on any atom is 0.335 e. The van der Waals surface area contributed by atoms with Gasteiger partial charge in [-0.15, -0.1) is 0 Å². The average Bonchev–Trinajstić information content (AvgIpc) is 2.69. The second kappa shape index (κ2) is 4.10. The lowest BCUT2D eigenvalue weighted by atomic mass is 10.1. The molecule has 0 saturated heterocycles. The predicted molar refractivity (Wildman–Crippen MR) is 56.1 cm³/mol. The Morgan fingerprint density at radius 1 is 1.33 bits per heavy atom. The lowest BCUT2D eigenvalue weighted by molar-refractivity contribution is 0.424. The Morgan fingerprint density at radius 2 is 2.07 bits per heavy atom. The summed E-state index contributed by atoms with van der Waals surface area (Å²) in [5, 5.41) is 3.78. The number of nitrogen functional groups attached to an aromatic ring is 1. The molecule has 1 heterocycles. The van der Waals surface area contributed by atoms with Crippen molar-refractivity contribution in [3.05, 3.63) is 41.2 Å². The first-order chi connectivity index (χ1) is 7.28. The van der Waals surface area contributed by atoms with Gasteiger partial charge in [0.05, 0.1) is 0 Å². The highest BCUT2D eigenvalue weighted by Gasteiger charge is 2.04. The second-order valence-corrected chi connectivity index (χ2v) is 3.32. The molecular weight excluding hydrogens is 192 g/mol. The van der Waals surface area contributed by atoms with Crippen molar-refractivity contribution in [2.75, 3.05) is 5.43 Å². The number of nitrogens with zero attached hydrogens (tertiary/aromatic N) is 2. The summed E-state index contributed by atoms with van der Waals surface area (Å²) in [6.07, 6.45) is 0.644. The molecule has 15 heavy (non-hydrogen) atoms. The van der Waals surface area contributed by atoms with Gasteiger partial charge < -0.3 is 4.52 Å². The molecular formula is C10H12N4O. The van der Waals surface area contributed by atoms with Crippen LogP contribution in [0, 0.1) is 6.92 Å². The first-order valence-electron chi connectivity index (χ1n) is 4.62. The van der Waals surface area contributed by atoms with E-state index < -0.39 is 0 Å². The summed E-state index contributed by atoms with van der Waals surface area (Å²) < 4.78 is 4.81. The number of rotatable bonds is 3. The van der Waals surface area contributed by atoms with Gasteiger partial charge in [0.1, 0.15) is 0 Å². The lowest BCUT2D eigenvalue weighted by Crippen LogP contribution is -2.06. The van der Waals surface area contributed by atoms with E-state index in [1.54, 1.807) is 0 Å². The molecule has 0 unspecified atom stereocenters. The highest BCUT2D eigenvalue weighted by molar-refractivity contribution is 5.25. The van der Waals surface area contributed by atoms with Gasteiger partial charge in [-0.05, 0) is 12.5 Å². The summed E-state index contributed by atoms with van der Waals surface area (Å²) in [5.41, 5.74) is 4.68. The lowest BCUT2D eigenvalue weighted by Gasteiger charge is -1.96. The van der Waals surface area contributed by atoms with Crippen molar-refractivity contribution >= 4 is 6.01 Å². The van der Waals surface area contributed by atoms with Gasteiger partial charge in [-0.25, -0.2) is 5.84 Å². The molecule has 0 bridgehead atoms. The third-order valence-electron chi connectivity index (χ3n) is 2.07. The van der Waals surface area contributed by atoms with E-state index in [1.807, 2.05) is 12.1 Å². The van der Waals surface area contributed by atoms with Crippen molar-refractivity contribution in [3.63, 3.8) is 0 Å². The molecule has 0 aliphatic rings. The Labute approximate surface area is 87.3 Å². The number of nitrogens with two attached hydrogens (primary N) is 1. The van der Waals surface area contributed by atoms with E-state index in [0.29, 0.717) is 12.2 Å². The summed E-state index contributed by atoms with van der Waals surface area (Å²) in [4.78, 5) is 4.03. The summed E-state index contributed by atoms with van der Waals surface area (Å²) in [5.74, 6) is 5.75. The topological polar surface area (TPSA) is 77.0 Å². The monoisotopic (exact) mass is 204 g/mol. The third kappa shape index (κ3) is 2.32. The van der Waals surface area contributed by atoms with E-state index in [1.165, 1.54) is 5.56 Å². The molecule has 5 nitrogen and oxygen atoms in total. The zero-order chi connectivity index (χ0) is 10.7. The van der Waals surface area contributed by atoms with Crippen LogP contribution in [0.3, 0.4) is 0 Å². The van der Waals surface area contributed by atoms with Gasteiger partial charge in [0.2, 0.25) is 0 Å². The standard InChI is InChI=1S/C10H12N4O/c1-7-2-4-8(5-3-7)6-9-12-10(13-11)15-14-9/h2-5H,6,11H2,1H3,(H,12,13,14). The predicted octanol–water partition coefficient (Wildman–Crippen LogP) is 1.25. The van der Waals surface area contributed by atoms with Crippen molar-refractivity contribution in [2.24, 2.45) is 5.84 Å². The van der Waals surface area contributed by atoms with Gasteiger partial charge in [0.25, 0.3) is 0 Å². The van der Waals surface area contributed by atoms with E-state index >= 15 is 0 Å². The van der Waals surface area contributed by atoms with Gasteiger partial charge >= 0.3 is 6.01 Å². The fourth-order valence-electron chi connectivity index (χ4n) is 1.27.